The van der Waals surface area contributed by atoms with Crippen LogP contribution in [-0.4, -0.2) is 0 Å². The molecule has 0 fully saturated rings. The van der Waals surface area contributed by atoms with E-state index < -0.39 is 0 Å². The molecular formula is C16H15I. The van der Waals surface area contributed by atoms with Gasteiger partial charge in [0.1, 0.15) is 0 Å². The summed E-state index contributed by atoms with van der Waals surface area (Å²) in [4.78, 5) is 0. The SMILES string of the molecule is Cc1c(I)ccc2c1-c1ccccc1C2(C)C. The fourth-order valence-electron chi connectivity index (χ4n) is 2.95. The Hall–Kier alpha value is -0.830. The van der Waals surface area contributed by atoms with E-state index in [0.717, 1.165) is 0 Å². The van der Waals surface area contributed by atoms with Gasteiger partial charge in [-0.3, -0.25) is 0 Å². The van der Waals surface area contributed by atoms with E-state index >= 15 is 0 Å². The first-order valence-corrected chi connectivity index (χ1v) is 7.01. The van der Waals surface area contributed by atoms with E-state index in [0.29, 0.717) is 0 Å². The molecule has 0 bridgehead atoms. The molecule has 0 aromatic heterocycles. The molecule has 0 unspecified atom stereocenters. The van der Waals surface area contributed by atoms with E-state index in [4.69, 9.17) is 0 Å². The van der Waals surface area contributed by atoms with Crippen LogP contribution < -0.4 is 0 Å². The predicted octanol–water partition coefficient (Wildman–Crippen LogP) is 4.91. The molecule has 0 heterocycles. The molecule has 0 saturated carbocycles. The second kappa shape index (κ2) is 3.58. The van der Waals surface area contributed by atoms with Gasteiger partial charge in [0.15, 0.2) is 0 Å². The predicted molar refractivity (Wildman–Crippen MR) is 81.5 cm³/mol. The van der Waals surface area contributed by atoms with E-state index in [1.54, 1.807) is 0 Å². The highest BCUT2D eigenvalue weighted by Gasteiger charge is 2.36. The highest BCUT2D eigenvalue weighted by molar-refractivity contribution is 14.1. The molecule has 1 heteroatoms. The lowest BCUT2D eigenvalue weighted by atomic mass is 9.82. The minimum Gasteiger partial charge on any atom is -0.0619 e. The normalized spacial score (nSPS) is 15.5. The zero-order chi connectivity index (χ0) is 12.2. The number of benzene rings is 2. The number of fused-ring (bicyclic) bond motifs is 3. The molecule has 0 atom stereocenters. The lowest BCUT2D eigenvalue weighted by Crippen LogP contribution is -2.14. The van der Waals surface area contributed by atoms with Gasteiger partial charge in [-0.05, 0) is 63.4 Å². The number of hydrogen-bond donors (Lipinski definition) is 0. The van der Waals surface area contributed by atoms with Crippen LogP contribution in [0.25, 0.3) is 11.1 Å². The largest absolute Gasteiger partial charge is 0.0619 e. The second-order valence-electron chi connectivity index (χ2n) is 5.27. The number of rotatable bonds is 0. The van der Waals surface area contributed by atoms with Crippen LogP contribution in [0.15, 0.2) is 36.4 Å². The average molecular weight is 334 g/mol. The van der Waals surface area contributed by atoms with Crippen LogP contribution in [0.2, 0.25) is 0 Å². The lowest BCUT2D eigenvalue weighted by Gasteiger charge is -2.21. The first kappa shape index (κ1) is 11.3. The van der Waals surface area contributed by atoms with Gasteiger partial charge in [0.25, 0.3) is 0 Å². The Morgan fingerprint density at radius 3 is 2.41 bits per heavy atom. The summed E-state index contributed by atoms with van der Waals surface area (Å²) < 4.78 is 1.36. The van der Waals surface area contributed by atoms with Crippen LogP contribution in [0.5, 0.6) is 0 Å². The van der Waals surface area contributed by atoms with Gasteiger partial charge < -0.3 is 0 Å². The summed E-state index contributed by atoms with van der Waals surface area (Å²) in [6, 6.07) is 13.3. The molecule has 0 spiro atoms. The number of halogens is 1. The molecule has 1 aliphatic rings. The average Bonchev–Trinajstić information content (AvgIpc) is 2.54. The minimum absolute atomic E-state index is 0.140. The summed E-state index contributed by atoms with van der Waals surface area (Å²) in [7, 11) is 0. The van der Waals surface area contributed by atoms with Crippen LogP contribution in [0, 0.1) is 10.5 Å². The van der Waals surface area contributed by atoms with E-state index in [2.05, 4.69) is 79.8 Å². The molecule has 1 aliphatic carbocycles. The Morgan fingerprint density at radius 1 is 0.941 bits per heavy atom. The molecule has 0 N–H and O–H groups in total. The van der Waals surface area contributed by atoms with Crippen LogP contribution >= 0.6 is 22.6 Å². The van der Waals surface area contributed by atoms with Gasteiger partial charge >= 0.3 is 0 Å². The van der Waals surface area contributed by atoms with Gasteiger partial charge in [0, 0.05) is 8.99 Å². The summed E-state index contributed by atoms with van der Waals surface area (Å²) in [5.74, 6) is 0. The summed E-state index contributed by atoms with van der Waals surface area (Å²) in [5, 5.41) is 0. The smallest absolute Gasteiger partial charge is 0.0165 e. The van der Waals surface area contributed by atoms with Crippen LogP contribution in [0.4, 0.5) is 0 Å². The molecule has 0 nitrogen and oxygen atoms in total. The maximum atomic E-state index is 2.43. The molecule has 0 saturated heterocycles. The van der Waals surface area contributed by atoms with Crippen LogP contribution in [0.1, 0.15) is 30.5 Å². The second-order valence-corrected chi connectivity index (χ2v) is 6.43. The van der Waals surface area contributed by atoms with E-state index in [1.807, 2.05) is 0 Å². The van der Waals surface area contributed by atoms with Crippen molar-refractivity contribution in [2.24, 2.45) is 0 Å². The highest BCUT2D eigenvalue weighted by Crippen LogP contribution is 2.50. The minimum atomic E-state index is 0.140. The van der Waals surface area contributed by atoms with Gasteiger partial charge in [0.2, 0.25) is 0 Å². The Labute approximate surface area is 116 Å². The summed E-state index contributed by atoms with van der Waals surface area (Å²) in [6.07, 6.45) is 0. The molecule has 0 amide bonds. The molecule has 17 heavy (non-hydrogen) atoms. The van der Waals surface area contributed by atoms with Crippen molar-refractivity contribution in [2.75, 3.05) is 0 Å². The van der Waals surface area contributed by atoms with Crippen LogP contribution in [-0.2, 0) is 5.41 Å². The fourth-order valence-corrected chi connectivity index (χ4v) is 3.39. The van der Waals surface area contributed by atoms with Crippen LogP contribution in [0.3, 0.4) is 0 Å². The molecule has 2 aromatic carbocycles. The Balaban J connectivity index is 2.46. The van der Waals surface area contributed by atoms with E-state index in [-0.39, 0.29) is 5.41 Å². The van der Waals surface area contributed by atoms with Crippen molar-refractivity contribution < 1.29 is 0 Å². The van der Waals surface area contributed by atoms with Gasteiger partial charge in [0.05, 0.1) is 0 Å². The van der Waals surface area contributed by atoms with E-state index in [1.165, 1.54) is 31.4 Å². The van der Waals surface area contributed by atoms with Crippen molar-refractivity contribution in [3.05, 3.63) is 56.7 Å². The van der Waals surface area contributed by atoms with Crippen molar-refractivity contribution >= 4 is 22.6 Å². The summed E-state index contributed by atoms with van der Waals surface area (Å²) in [6.45, 7) is 6.88. The Morgan fingerprint density at radius 2 is 1.65 bits per heavy atom. The van der Waals surface area contributed by atoms with Gasteiger partial charge in [-0.1, -0.05) is 44.2 Å². The van der Waals surface area contributed by atoms with Crippen molar-refractivity contribution in [3.63, 3.8) is 0 Å². The standard InChI is InChI=1S/C16H15I/c1-10-14(17)9-8-13-15(10)11-6-4-5-7-12(11)16(13,2)3/h4-9H,1-3H3. The van der Waals surface area contributed by atoms with Gasteiger partial charge in [-0.25, -0.2) is 0 Å². The quantitative estimate of drug-likeness (QED) is 0.601. The highest BCUT2D eigenvalue weighted by atomic mass is 127. The molecule has 3 rings (SSSR count). The number of hydrogen-bond acceptors (Lipinski definition) is 0. The zero-order valence-corrected chi connectivity index (χ0v) is 12.5. The molecular weight excluding hydrogens is 319 g/mol. The fraction of sp³-hybridized carbons (Fsp3) is 0.250. The Kier molecular flexibility index (Phi) is 2.37. The zero-order valence-electron chi connectivity index (χ0n) is 10.3. The lowest BCUT2D eigenvalue weighted by molar-refractivity contribution is 0.660. The topological polar surface area (TPSA) is 0 Å². The third kappa shape index (κ3) is 1.41. The molecule has 86 valence electrons. The third-order valence-electron chi connectivity index (χ3n) is 3.94. The molecule has 0 radical (unpaired) electrons. The molecule has 0 aliphatic heterocycles. The van der Waals surface area contributed by atoms with Crippen molar-refractivity contribution in [2.45, 2.75) is 26.2 Å². The monoisotopic (exact) mass is 334 g/mol. The van der Waals surface area contributed by atoms with Crippen molar-refractivity contribution in [1.29, 1.82) is 0 Å². The summed E-state index contributed by atoms with van der Waals surface area (Å²) in [5.41, 5.74) is 7.36. The maximum Gasteiger partial charge on any atom is 0.0165 e. The first-order valence-electron chi connectivity index (χ1n) is 5.93. The molecule has 2 aromatic rings. The van der Waals surface area contributed by atoms with Gasteiger partial charge in [-0.15, -0.1) is 0 Å². The summed E-state index contributed by atoms with van der Waals surface area (Å²) >= 11 is 2.43. The van der Waals surface area contributed by atoms with Gasteiger partial charge in [-0.2, -0.15) is 0 Å². The third-order valence-corrected chi connectivity index (χ3v) is 5.11. The maximum absolute atomic E-state index is 2.43. The van der Waals surface area contributed by atoms with Crippen molar-refractivity contribution in [1.82, 2.24) is 0 Å². The van der Waals surface area contributed by atoms with E-state index in [9.17, 15) is 0 Å². The van der Waals surface area contributed by atoms with Crippen molar-refractivity contribution in [3.8, 4) is 11.1 Å². The first-order chi connectivity index (χ1) is 8.03. The Bertz CT molecular complexity index is 609.